The highest BCUT2D eigenvalue weighted by Crippen LogP contribution is 2.12. The molecule has 0 radical (unpaired) electrons. The molecule has 0 aliphatic rings. The van der Waals surface area contributed by atoms with Crippen LogP contribution in [0.4, 0.5) is 0 Å². The number of esters is 1. The van der Waals surface area contributed by atoms with Crippen LogP contribution >= 0.6 is 23.4 Å². The van der Waals surface area contributed by atoms with Crippen molar-refractivity contribution in [1.29, 1.82) is 0 Å². The minimum atomic E-state index is -3.81. The Morgan fingerprint density at radius 2 is 2.00 bits per heavy atom. The van der Waals surface area contributed by atoms with Gasteiger partial charge in [-0.3, -0.25) is 4.79 Å². The molecule has 9 heteroatoms. The Balaban J connectivity index is 2.05. The molecule has 0 aliphatic heterocycles. The molecule has 0 aliphatic carbocycles. The fourth-order valence-electron chi connectivity index (χ4n) is 2.06. The first kappa shape index (κ1) is 20.7. The zero-order chi connectivity index (χ0) is 19.0. The smallest absolute Gasteiger partial charge is 0.324 e. The van der Waals surface area contributed by atoms with Crippen molar-refractivity contribution in [2.45, 2.75) is 24.0 Å². The van der Waals surface area contributed by atoms with Crippen molar-refractivity contribution < 1.29 is 17.9 Å². The number of nitrogens with one attached hydrogen (secondary N) is 1. The maximum atomic E-state index is 12.5. The van der Waals surface area contributed by atoms with Crippen LogP contribution in [0.15, 0.2) is 53.6 Å². The molecule has 0 spiro atoms. The lowest BCUT2D eigenvalue weighted by Crippen LogP contribution is -2.42. The van der Waals surface area contributed by atoms with Gasteiger partial charge >= 0.3 is 5.97 Å². The number of nitrogens with zero attached hydrogens (tertiary/aromatic N) is 1. The van der Waals surface area contributed by atoms with Crippen LogP contribution in [0.5, 0.6) is 0 Å². The van der Waals surface area contributed by atoms with Crippen molar-refractivity contribution in [2.24, 2.45) is 0 Å². The third kappa shape index (κ3) is 6.28. The predicted octanol–water partition coefficient (Wildman–Crippen LogP) is 2.88. The van der Waals surface area contributed by atoms with Gasteiger partial charge in [0.05, 0.1) is 4.90 Å². The first-order valence-electron chi connectivity index (χ1n) is 7.76. The molecule has 1 aromatic heterocycles. The lowest BCUT2D eigenvalue weighted by Gasteiger charge is -2.17. The SMILES string of the molecule is CSCCC(NS(=O)(=O)c1ccccc1)C(=O)OCc1ccc(Cl)nc1. The molecular formula is C17H19ClN2O4S2. The maximum Gasteiger partial charge on any atom is 0.324 e. The monoisotopic (exact) mass is 414 g/mol. The Hall–Kier alpha value is -1.61. The van der Waals surface area contributed by atoms with Crippen LogP contribution < -0.4 is 4.72 Å². The van der Waals surface area contributed by atoms with Gasteiger partial charge in [-0.05, 0) is 36.6 Å². The van der Waals surface area contributed by atoms with Gasteiger partial charge < -0.3 is 4.74 Å². The van der Waals surface area contributed by atoms with E-state index in [2.05, 4.69) is 9.71 Å². The van der Waals surface area contributed by atoms with Gasteiger partial charge in [-0.25, -0.2) is 13.4 Å². The van der Waals surface area contributed by atoms with E-state index in [4.69, 9.17) is 16.3 Å². The van der Waals surface area contributed by atoms with Crippen LogP contribution in [0, 0.1) is 0 Å². The number of sulfonamides is 1. The molecule has 1 atom stereocenters. The number of thioether (sulfide) groups is 1. The van der Waals surface area contributed by atoms with Crippen LogP contribution in [0.1, 0.15) is 12.0 Å². The second-order valence-electron chi connectivity index (χ2n) is 5.37. The molecule has 1 aromatic carbocycles. The van der Waals surface area contributed by atoms with Gasteiger partial charge in [-0.1, -0.05) is 35.9 Å². The number of benzene rings is 1. The second kappa shape index (κ2) is 9.91. The largest absolute Gasteiger partial charge is 0.460 e. The molecule has 0 bridgehead atoms. The van der Waals surface area contributed by atoms with Crippen LogP contribution in [0.25, 0.3) is 0 Å². The highest BCUT2D eigenvalue weighted by atomic mass is 35.5. The van der Waals surface area contributed by atoms with Crippen molar-refractivity contribution in [3.05, 3.63) is 59.4 Å². The minimum absolute atomic E-state index is 0.00810. The molecule has 140 valence electrons. The topological polar surface area (TPSA) is 85.4 Å². The molecule has 2 aromatic rings. The molecule has 1 unspecified atom stereocenters. The fourth-order valence-corrected chi connectivity index (χ4v) is 3.89. The quantitative estimate of drug-likeness (QED) is 0.501. The van der Waals surface area contributed by atoms with E-state index in [-0.39, 0.29) is 11.5 Å². The van der Waals surface area contributed by atoms with E-state index >= 15 is 0 Å². The molecule has 0 amide bonds. The first-order chi connectivity index (χ1) is 12.4. The van der Waals surface area contributed by atoms with Gasteiger partial charge in [0, 0.05) is 11.8 Å². The third-order valence-corrected chi connectivity index (χ3v) is 5.77. The van der Waals surface area contributed by atoms with E-state index in [1.807, 2.05) is 6.26 Å². The highest BCUT2D eigenvalue weighted by Gasteiger charge is 2.26. The molecular weight excluding hydrogens is 396 g/mol. The Kier molecular flexibility index (Phi) is 7.89. The summed E-state index contributed by atoms with van der Waals surface area (Å²) in [5.41, 5.74) is 0.664. The van der Waals surface area contributed by atoms with E-state index in [9.17, 15) is 13.2 Å². The van der Waals surface area contributed by atoms with Crippen molar-refractivity contribution in [3.8, 4) is 0 Å². The summed E-state index contributed by atoms with van der Waals surface area (Å²) >= 11 is 7.23. The molecule has 1 heterocycles. The molecule has 0 saturated heterocycles. The number of rotatable bonds is 9. The van der Waals surface area contributed by atoms with Crippen LogP contribution in [-0.2, 0) is 26.2 Å². The molecule has 2 rings (SSSR count). The predicted molar refractivity (Wildman–Crippen MR) is 103 cm³/mol. The summed E-state index contributed by atoms with van der Waals surface area (Å²) in [6.45, 7) is -0.00810. The lowest BCUT2D eigenvalue weighted by molar-refractivity contribution is -0.147. The highest BCUT2D eigenvalue weighted by molar-refractivity contribution is 7.98. The van der Waals surface area contributed by atoms with Crippen molar-refractivity contribution in [3.63, 3.8) is 0 Å². The molecule has 1 N–H and O–H groups in total. The van der Waals surface area contributed by atoms with Crippen molar-refractivity contribution in [1.82, 2.24) is 9.71 Å². The maximum absolute atomic E-state index is 12.5. The van der Waals surface area contributed by atoms with E-state index in [0.29, 0.717) is 22.9 Å². The van der Waals surface area contributed by atoms with Crippen LogP contribution in [0.2, 0.25) is 5.15 Å². The summed E-state index contributed by atoms with van der Waals surface area (Å²) in [6.07, 6.45) is 3.71. The normalized spacial score (nSPS) is 12.5. The number of carbonyl (C=O) groups is 1. The Morgan fingerprint density at radius 1 is 1.27 bits per heavy atom. The van der Waals surface area contributed by atoms with Gasteiger partial charge in [-0.15, -0.1) is 0 Å². The summed E-state index contributed by atoms with van der Waals surface area (Å²) in [4.78, 5) is 16.4. The number of aromatic nitrogens is 1. The summed E-state index contributed by atoms with van der Waals surface area (Å²) < 4.78 is 32.6. The Morgan fingerprint density at radius 3 is 2.62 bits per heavy atom. The number of halogens is 1. The summed E-state index contributed by atoms with van der Waals surface area (Å²) in [6, 6.07) is 10.2. The number of hydrogen-bond acceptors (Lipinski definition) is 6. The van der Waals surface area contributed by atoms with E-state index in [1.54, 1.807) is 30.3 Å². The Bertz CT molecular complexity index is 814. The molecule has 0 fully saturated rings. The average molecular weight is 415 g/mol. The molecule has 26 heavy (non-hydrogen) atoms. The van der Waals surface area contributed by atoms with Gasteiger partial charge in [0.25, 0.3) is 0 Å². The summed E-state index contributed by atoms with van der Waals surface area (Å²) in [7, 11) is -3.81. The van der Waals surface area contributed by atoms with Gasteiger partial charge in [0.1, 0.15) is 17.8 Å². The van der Waals surface area contributed by atoms with Crippen molar-refractivity contribution >= 4 is 39.4 Å². The number of pyridine rings is 1. The Labute approximate surface area is 162 Å². The van der Waals surface area contributed by atoms with Crippen molar-refractivity contribution in [2.75, 3.05) is 12.0 Å². The zero-order valence-corrected chi connectivity index (χ0v) is 16.5. The third-order valence-electron chi connectivity index (χ3n) is 3.42. The van der Waals surface area contributed by atoms with Crippen LogP contribution in [-0.4, -0.2) is 37.4 Å². The molecule has 0 saturated carbocycles. The van der Waals surface area contributed by atoms with Gasteiger partial charge in [-0.2, -0.15) is 16.5 Å². The van der Waals surface area contributed by atoms with Gasteiger partial charge in [0.15, 0.2) is 0 Å². The van der Waals surface area contributed by atoms with Crippen LogP contribution in [0.3, 0.4) is 0 Å². The van der Waals surface area contributed by atoms with Gasteiger partial charge in [0.2, 0.25) is 10.0 Å². The summed E-state index contributed by atoms with van der Waals surface area (Å²) in [5, 5.41) is 0.341. The number of ether oxygens (including phenoxy) is 1. The van der Waals surface area contributed by atoms with E-state index in [1.165, 1.54) is 30.1 Å². The molecule has 6 nitrogen and oxygen atoms in total. The van der Waals surface area contributed by atoms with E-state index in [0.717, 1.165) is 0 Å². The summed E-state index contributed by atoms with van der Waals surface area (Å²) in [5.74, 6) is -0.0203. The zero-order valence-electron chi connectivity index (χ0n) is 14.1. The fraction of sp³-hybridized carbons (Fsp3) is 0.294. The minimum Gasteiger partial charge on any atom is -0.460 e. The second-order valence-corrected chi connectivity index (χ2v) is 8.45. The first-order valence-corrected chi connectivity index (χ1v) is 11.0. The average Bonchev–Trinajstić information content (AvgIpc) is 2.65. The number of carbonyl (C=O) groups excluding carboxylic acids is 1. The van der Waals surface area contributed by atoms with E-state index < -0.39 is 22.0 Å². The number of hydrogen-bond donors (Lipinski definition) is 1. The standard InChI is InChI=1S/C17H19ClN2O4S2/c1-25-10-9-15(20-26(22,23)14-5-3-2-4-6-14)17(21)24-12-13-7-8-16(18)19-11-13/h2-8,11,15,20H,9-10,12H2,1H3. The lowest BCUT2D eigenvalue weighted by atomic mass is 10.2.